The summed E-state index contributed by atoms with van der Waals surface area (Å²) in [5, 5.41) is 9.60. The number of nitrogens with zero attached hydrogens (tertiary/aromatic N) is 6. The number of hydrogen-bond acceptors (Lipinski definition) is 12. The number of anilines is 1. The van der Waals surface area contributed by atoms with E-state index < -0.39 is 72.0 Å². The number of aromatic nitrogens is 5. The molecule has 2 aliphatic carbocycles. The Morgan fingerprint density at radius 3 is 2.34 bits per heavy atom. The van der Waals surface area contributed by atoms with Crippen LogP contribution in [0, 0.1) is 5.82 Å². The molecule has 3 aliphatic rings. The fourth-order valence-corrected chi connectivity index (χ4v) is 11.6. The molecule has 2 aromatic heterocycles. The third-order valence-electron chi connectivity index (χ3n) is 9.19. The van der Waals surface area contributed by atoms with Crippen molar-refractivity contribution in [3.05, 3.63) is 29.6 Å². The van der Waals surface area contributed by atoms with E-state index in [4.69, 9.17) is 33.7 Å². The number of thioether (sulfide) groups is 1. The van der Waals surface area contributed by atoms with E-state index in [0.717, 1.165) is 21.3 Å². The van der Waals surface area contributed by atoms with Gasteiger partial charge in [-0.1, -0.05) is 6.92 Å². The molecule has 6 rings (SSSR count). The van der Waals surface area contributed by atoms with Crippen LogP contribution in [-0.2, 0) is 23.7 Å². The van der Waals surface area contributed by atoms with E-state index in [9.17, 15) is 9.59 Å². The molecular weight excluding hydrogens is 810 g/mol. The Kier molecular flexibility index (Phi) is 10.8. The number of fused-ring (bicyclic) bond motifs is 2. The SMILES string of the molecule is CCCSc1nc(N(C(=O)OC(C)(C)C)C2CC2c2cc[c]([Sn]([CH3])([CH3])[CH3])c(F)c2)c2nnn([C@@H]3C[C@H](OC(=O)OC(C)(C)C)[C@H]4OC(C)(C)O[C@H]43)c2n1. The van der Waals surface area contributed by atoms with Crippen molar-refractivity contribution in [2.45, 2.75) is 155 Å². The van der Waals surface area contributed by atoms with Crippen molar-refractivity contribution >= 4 is 62.9 Å². The van der Waals surface area contributed by atoms with Gasteiger partial charge in [0.15, 0.2) is 5.79 Å². The van der Waals surface area contributed by atoms with Gasteiger partial charge < -0.3 is 18.9 Å². The maximum atomic E-state index is 15.5. The van der Waals surface area contributed by atoms with Crippen LogP contribution in [0.15, 0.2) is 23.4 Å². The van der Waals surface area contributed by atoms with Crippen molar-refractivity contribution in [2.75, 3.05) is 10.7 Å². The fourth-order valence-electron chi connectivity index (χ4n) is 6.99. The molecule has 1 aliphatic heterocycles. The first-order chi connectivity index (χ1) is 24.5. The molecule has 0 N–H and O–H groups in total. The minimum atomic E-state index is -2.68. The first-order valence-corrected chi connectivity index (χ1v) is 29.4. The molecule has 0 bridgehead atoms. The van der Waals surface area contributed by atoms with E-state index >= 15 is 4.39 Å². The van der Waals surface area contributed by atoms with Crippen LogP contribution in [0.25, 0.3) is 11.2 Å². The van der Waals surface area contributed by atoms with Crippen molar-refractivity contribution < 1.29 is 37.7 Å². The molecule has 2 saturated carbocycles. The monoisotopic (exact) mass is 864 g/mol. The van der Waals surface area contributed by atoms with Gasteiger partial charge in [-0.2, -0.15) is 0 Å². The molecular formula is C37H53FN6O7SSn. The molecule has 290 valence electrons. The van der Waals surface area contributed by atoms with Gasteiger partial charge in [0.2, 0.25) is 0 Å². The van der Waals surface area contributed by atoms with Crippen LogP contribution in [0.5, 0.6) is 0 Å². The van der Waals surface area contributed by atoms with Gasteiger partial charge in [-0.05, 0) is 41.0 Å². The molecule has 3 fully saturated rings. The predicted octanol–water partition coefficient (Wildman–Crippen LogP) is 7.49. The molecule has 0 spiro atoms. The number of amides is 1. The second-order valence-corrected chi connectivity index (χ2v) is 33.1. The summed E-state index contributed by atoms with van der Waals surface area (Å²) < 4.78 is 47.9. The molecule has 3 heterocycles. The second-order valence-electron chi connectivity index (χ2n) is 17.6. The van der Waals surface area contributed by atoms with Gasteiger partial charge in [0.25, 0.3) is 0 Å². The van der Waals surface area contributed by atoms with Crippen LogP contribution in [0.1, 0.15) is 99.1 Å². The molecule has 0 radical (unpaired) electrons. The van der Waals surface area contributed by atoms with Crippen molar-refractivity contribution in [1.29, 1.82) is 0 Å². The van der Waals surface area contributed by atoms with Crippen LogP contribution in [0.4, 0.5) is 19.8 Å². The van der Waals surface area contributed by atoms with Crippen LogP contribution < -0.4 is 8.48 Å². The zero-order valence-corrected chi connectivity index (χ0v) is 36.5. The maximum absolute atomic E-state index is 15.5. The topological polar surface area (TPSA) is 140 Å². The van der Waals surface area contributed by atoms with Gasteiger partial charge in [0.05, 0.1) is 0 Å². The summed E-state index contributed by atoms with van der Waals surface area (Å²) in [5.41, 5.74) is -0.0237. The average molecular weight is 864 g/mol. The summed E-state index contributed by atoms with van der Waals surface area (Å²) in [5.74, 6) is -0.272. The van der Waals surface area contributed by atoms with Crippen LogP contribution >= 0.6 is 11.8 Å². The van der Waals surface area contributed by atoms with E-state index in [0.29, 0.717) is 29.2 Å². The third-order valence-corrected chi connectivity index (χ3v) is 16.0. The first-order valence-electron chi connectivity index (χ1n) is 18.4. The summed E-state index contributed by atoms with van der Waals surface area (Å²) in [6, 6.07) is 4.68. The number of hydrogen-bond donors (Lipinski definition) is 0. The normalized spacial score (nSPS) is 25.3. The van der Waals surface area contributed by atoms with E-state index in [2.05, 4.69) is 32.1 Å². The van der Waals surface area contributed by atoms with Gasteiger partial charge >= 0.3 is 213 Å². The van der Waals surface area contributed by atoms with Gasteiger partial charge in [0.1, 0.15) is 23.9 Å². The Bertz CT molecular complexity index is 1870. The number of benzene rings is 1. The first kappa shape index (κ1) is 39.9. The standard InChI is InChI=1S/C34H44FN6O7S.3CH3.Sn/c1-10-14-49-29-36-27(40(30(42)47-32(2,3)4)21-16-20(21)18-12-11-13-19(35)15-18)24-28(37-29)41(39-38-24)22-17-23(44-31(43)48-33(5,6)7)26-25(22)45-34(8,9)46-26;;;;/h11-12,15,20-23,25-26H,10,14,16-17H2,1-9H3;3*1H3;/t20?,21?,22-,23+,25+,26-;;;;/m1..../s1. The molecule has 2 unspecified atom stereocenters. The molecule has 1 saturated heterocycles. The molecule has 13 nitrogen and oxygen atoms in total. The zero-order valence-electron chi connectivity index (χ0n) is 32.9. The van der Waals surface area contributed by atoms with Gasteiger partial charge in [0, 0.05) is 6.42 Å². The quantitative estimate of drug-likeness (QED) is 0.0912. The van der Waals surface area contributed by atoms with Crippen LogP contribution in [0.3, 0.4) is 0 Å². The number of rotatable bonds is 9. The van der Waals surface area contributed by atoms with E-state index in [-0.39, 0.29) is 23.6 Å². The summed E-state index contributed by atoms with van der Waals surface area (Å²) in [7, 11) is 0. The molecule has 16 heteroatoms. The van der Waals surface area contributed by atoms with Gasteiger partial charge in [-0.3, -0.25) is 0 Å². The summed E-state index contributed by atoms with van der Waals surface area (Å²) >= 11 is -1.22. The van der Waals surface area contributed by atoms with Gasteiger partial charge in [-0.25, -0.2) is 4.79 Å². The summed E-state index contributed by atoms with van der Waals surface area (Å²) in [6.45, 7) is 16.4. The Labute approximate surface area is 319 Å². The Hall–Kier alpha value is -2.76. The third kappa shape index (κ3) is 8.88. The predicted molar refractivity (Wildman–Crippen MR) is 202 cm³/mol. The summed E-state index contributed by atoms with van der Waals surface area (Å²) in [4.78, 5) is 44.9. The second kappa shape index (κ2) is 14.4. The van der Waals surface area contributed by atoms with Crippen molar-refractivity contribution in [3.8, 4) is 0 Å². The number of carbonyl (C=O) groups excluding carboxylic acids is 2. The molecule has 6 atom stereocenters. The Morgan fingerprint density at radius 2 is 1.72 bits per heavy atom. The van der Waals surface area contributed by atoms with Crippen LogP contribution in [0.2, 0.25) is 14.8 Å². The van der Waals surface area contributed by atoms with Crippen molar-refractivity contribution in [2.24, 2.45) is 0 Å². The van der Waals surface area contributed by atoms with Gasteiger partial charge in [-0.15, -0.1) is 0 Å². The van der Waals surface area contributed by atoms with E-state index in [1.807, 2.05) is 46.8 Å². The number of ether oxygens (including phenoxy) is 5. The Morgan fingerprint density at radius 1 is 1.04 bits per heavy atom. The Balaban J connectivity index is 1.41. The zero-order chi connectivity index (χ0) is 38.8. The number of halogens is 1. The minimum absolute atomic E-state index is 0.138. The molecule has 1 aromatic carbocycles. The molecule has 3 aromatic rings. The number of carbonyl (C=O) groups is 2. The summed E-state index contributed by atoms with van der Waals surface area (Å²) in [6.07, 6.45) is -1.49. The van der Waals surface area contributed by atoms with Crippen molar-refractivity contribution in [3.63, 3.8) is 0 Å². The van der Waals surface area contributed by atoms with E-state index in [1.54, 1.807) is 36.4 Å². The van der Waals surface area contributed by atoms with Crippen LogP contribution in [-0.4, -0.2) is 103 Å². The molecule has 1 amide bonds. The average Bonchev–Trinajstić information content (AvgIpc) is 3.40. The van der Waals surface area contributed by atoms with Crippen molar-refractivity contribution in [1.82, 2.24) is 25.0 Å². The molecule has 53 heavy (non-hydrogen) atoms. The fraction of sp³-hybridized carbons (Fsp3) is 0.676. The van der Waals surface area contributed by atoms with E-state index in [1.165, 1.54) is 11.8 Å².